The summed E-state index contributed by atoms with van der Waals surface area (Å²) in [5.74, 6) is -1.69. The lowest BCUT2D eigenvalue weighted by molar-refractivity contribution is -0.138. The van der Waals surface area contributed by atoms with Crippen LogP contribution in [-0.2, 0) is 16.0 Å². The third-order valence-electron chi connectivity index (χ3n) is 4.87. The van der Waals surface area contributed by atoms with Gasteiger partial charge >= 0.3 is 5.97 Å². The number of hydrogen-bond donors (Lipinski definition) is 2. The molecule has 0 radical (unpaired) electrons. The summed E-state index contributed by atoms with van der Waals surface area (Å²) < 4.78 is 0. The molecule has 0 bridgehead atoms. The van der Waals surface area contributed by atoms with E-state index in [4.69, 9.17) is 23.2 Å². The maximum absolute atomic E-state index is 12.4. The van der Waals surface area contributed by atoms with Crippen molar-refractivity contribution in [3.63, 3.8) is 0 Å². The quantitative estimate of drug-likeness (QED) is 0.550. The van der Waals surface area contributed by atoms with E-state index in [1.165, 1.54) is 18.6 Å². The zero-order valence-electron chi connectivity index (χ0n) is 16.4. The van der Waals surface area contributed by atoms with E-state index in [9.17, 15) is 19.5 Å². The molecule has 2 heterocycles. The van der Waals surface area contributed by atoms with Gasteiger partial charge in [-0.1, -0.05) is 39.1 Å². The van der Waals surface area contributed by atoms with Gasteiger partial charge in [-0.3, -0.25) is 24.5 Å². The number of anilines is 1. The summed E-state index contributed by atoms with van der Waals surface area (Å²) in [5, 5.41) is 12.4. The molecule has 2 N–H and O–H groups in total. The van der Waals surface area contributed by atoms with Crippen LogP contribution >= 0.6 is 39.1 Å². The summed E-state index contributed by atoms with van der Waals surface area (Å²) >= 11 is 15.2. The monoisotopic (exact) mass is 526 g/mol. The molecule has 1 fully saturated rings. The second-order valence-electron chi connectivity index (χ2n) is 7.39. The number of carbonyl (C=O) groups excluding carboxylic acids is 2. The first-order chi connectivity index (χ1) is 14.5. The van der Waals surface area contributed by atoms with Crippen LogP contribution in [0.5, 0.6) is 0 Å². The van der Waals surface area contributed by atoms with Crippen molar-refractivity contribution in [1.82, 2.24) is 9.97 Å². The SMILES string of the molecule is CC1(C)C(=O)C(Br)C1=N[C@@H](Cc1ccc(NC(=O)c2c(Cl)cncc2Cl)cn1)C(=O)O. The van der Waals surface area contributed by atoms with Crippen molar-refractivity contribution in [3.8, 4) is 0 Å². The number of halogens is 3. The molecule has 8 nitrogen and oxygen atoms in total. The number of nitrogens with one attached hydrogen (secondary N) is 1. The molecule has 1 saturated carbocycles. The van der Waals surface area contributed by atoms with E-state index >= 15 is 0 Å². The molecule has 1 aliphatic rings. The number of carboxylic acids is 1. The highest BCUT2D eigenvalue weighted by Crippen LogP contribution is 2.38. The standard InChI is InChI=1S/C20H17BrCl2N4O4/c1-20(2)16(15(21)17(20)28)27-13(19(30)31)5-9-3-4-10(6-25-9)26-18(29)14-11(22)7-24-8-12(14)23/h3-4,6-8,13,15H,5H2,1-2H3,(H,26,29)(H,30,31)/t13-,15?/m0/s1. The minimum atomic E-state index is -1.12. The lowest BCUT2D eigenvalue weighted by Crippen LogP contribution is -2.57. The number of aliphatic imine (C=N–C) groups is 1. The fourth-order valence-corrected chi connectivity index (χ4v) is 4.83. The fraction of sp³-hybridized carbons (Fsp3) is 0.300. The number of hydrogen-bond acceptors (Lipinski definition) is 6. The first-order valence-corrected chi connectivity index (χ1v) is 10.7. The van der Waals surface area contributed by atoms with Crippen LogP contribution in [0.25, 0.3) is 0 Å². The number of amides is 1. The van der Waals surface area contributed by atoms with Crippen LogP contribution in [0.4, 0.5) is 5.69 Å². The van der Waals surface area contributed by atoms with E-state index in [2.05, 4.69) is 36.2 Å². The molecular weight excluding hydrogens is 511 g/mol. The van der Waals surface area contributed by atoms with Crippen molar-refractivity contribution in [2.45, 2.75) is 31.1 Å². The van der Waals surface area contributed by atoms with Gasteiger partial charge in [-0.25, -0.2) is 4.79 Å². The lowest BCUT2D eigenvalue weighted by Gasteiger charge is -2.39. The van der Waals surface area contributed by atoms with E-state index in [0.29, 0.717) is 17.1 Å². The number of aromatic nitrogens is 2. The van der Waals surface area contributed by atoms with Crippen molar-refractivity contribution < 1.29 is 19.5 Å². The Morgan fingerprint density at radius 2 is 1.90 bits per heavy atom. The maximum Gasteiger partial charge on any atom is 0.328 e. The van der Waals surface area contributed by atoms with Gasteiger partial charge in [0.1, 0.15) is 4.83 Å². The largest absolute Gasteiger partial charge is 0.480 e. The topological polar surface area (TPSA) is 122 Å². The van der Waals surface area contributed by atoms with Gasteiger partial charge in [-0.2, -0.15) is 0 Å². The van der Waals surface area contributed by atoms with E-state index in [1.54, 1.807) is 26.0 Å². The molecule has 11 heteroatoms. The first kappa shape index (κ1) is 23.3. The summed E-state index contributed by atoms with van der Waals surface area (Å²) in [4.78, 5) is 47.8. The van der Waals surface area contributed by atoms with E-state index in [-0.39, 0.29) is 27.8 Å². The molecule has 162 valence electrons. The number of nitrogens with zero attached hydrogens (tertiary/aromatic N) is 3. The molecule has 3 rings (SSSR count). The number of Topliss-reactive ketones (excluding diaryl/α,β-unsaturated/α-hetero) is 1. The van der Waals surface area contributed by atoms with Crippen molar-refractivity contribution in [3.05, 3.63) is 52.0 Å². The second-order valence-corrected chi connectivity index (χ2v) is 9.12. The summed E-state index contributed by atoms with van der Waals surface area (Å²) in [6.07, 6.45) is 4.04. The average molecular weight is 528 g/mol. The molecule has 1 unspecified atom stereocenters. The van der Waals surface area contributed by atoms with Gasteiger partial charge in [-0.15, -0.1) is 0 Å². The maximum atomic E-state index is 12.4. The van der Waals surface area contributed by atoms with Crippen LogP contribution in [0.1, 0.15) is 29.9 Å². The molecule has 0 spiro atoms. The number of carbonyl (C=O) groups is 3. The van der Waals surface area contributed by atoms with Gasteiger partial charge in [0, 0.05) is 30.2 Å². The molecule has 31 heavy (non-hydrogen) atoms. The third-order valence-corrected chi connectivity index (χ3v) is 6.29. The Morgan fingerprint density at radius 3 is 2.42 bits per heavy atom. The molecule has 1 amide bonds. The number of pyridine rings is 2. The Kier molecular flexibility index (Phi) is 6.78. The van der Waals surface area contributed by atoms with Crippen LogP contribution in [0.2, 0.25) is 10.0 Å². The Morgan fingerprint density at radius 1 is 1.26 bits per heavy atom. The molecule has 0 aromatic carbocycles. The van der Waals surface area contributed by atoms with Gasteiger partial charge < -0.3 is 10.4 Å². The highest BCUT2D eigenvalue weighted by atomic mass is 79.9. The summed E-state index contributed by atoms with van der Waals surface area (Å²) in [6.45, 7) is 3.42. The molecular formula is C20H17BrCl2N4O4. The fourth-order valence-electron chi connectivity index (χ4n) is 3.03. The van der Waals surface area contributed by atoms with Crippen LogP contribution in [0, 0.1) is 5.41 Å². The van der Waals surface area contributed by atoms with E-state index < -0.39 is 28.2 Å². The molecule has 0 saturated heterocycles. The van der Waals surface area contributed by atoms with Gasteiger partial charge in [0.05, 0.1) is 32.9 Å². The number of alkyl halides is 1. The number of ketones is 1. The zero-order chi connectivity index (χ0) is 22.9. The highest BCUT2D eigenvalue weighted by Gasteiger charge is 2.52. The molecule has 0 aliphatic heterocycles. The van der Waals surface area contributed by atoms with Gasteiger partial charge in [0.25, 0.3) is 5.91 Å². The molecule has 2 aromatic heterocycles. The lowest BCUT2D eigenvalue weighted by atomic mass is 9.68. The highest BCUT2D eigenvalue weighted by molar-refractivity contribution is 9.10. The Bertz CT molecular complexity index is 1070. The number of aliphatic carboxylic acids is 1. The molecule has 1 aliphatic carbocycles. The minimum absolute atomic E-state index is 0.0268. The van der Waals surface area contributed by atoms with Gasteiger partial charge in [0.2, 0.25) is 0 Å². The van der Waals surface area contributed by atoms with Crippen molar-refractivity contribution >= 4 is 68.2 Å². The predicted octanol–water partition coefficient (Wildman–Crippen LogP) is 3.84. The van der Waals surface area contributed by atoms with Crippen LogP contribution < -0.4 is 5.32 Å². The normalized spacial score (nSPS) is 19.6. The van der Waals surface area contributed by atoms with Crippen LogP contribution in [0.15, 0.2) is 35.7 Å². The average Bonchev–Trinajstić information content (AvgIpc) is 2.71. The number of rotatable bonds is 6. The molecule has 2 atom stereocenters. The second kappa shape index (κ2) is 9.02. The number of carboxylic acid groups (broad SMARTS) is 1. The minimum Gasteiger partial charge on any atom is -0.480 e. The summed E-state index contributed by atoms with van der Waals surface area (Å²) in [7, 11) is 0. The predicted molar refractivity (Wildman–Crippen MR) is 121 cm³/mol. The molecule has 2 aromatic rings. The Balaban J connectivity index is 1.73. The van der Waals surface area contributed by atoms with Crippen molar-refractivity contribution in [1.29, 1.82) is 0 Å². The zero-order valence-corrected chi connectivity index (χ0v) is 19.5. The first-order valence-electron chi connectivity index (χ1n) is 9.07. The van der Waals surface area contributed by atoms with Crippen LogP contribution in [0.3, 0.4) is 0 Å². The van der Waals surface area contributed by atoms with E-state index in [1.807, 2.05) is 0 Å². The summed E-state index contributed by atoms with van der Waals surface area (Å²) in [5.41, 5.74) is 0.636. The van der Waals surface area contributed by atoms with Crippen LogP contribution in [-0.4, -0.2) is 49.3 Å². The van der Waals surface area contributed by atoms with E-state index in [0.717, 1.165) is 0 Å². The Hall–Kier alpha value is -2.36. The van der Waals surface area contributed by atoms with Crippen molar-refractivity contribution in [2.24, 2.45) is 10.4 Å². The Labute approximate surface area is 196 Å². The summed E-state index contributed by atoms with van der Waals surface area (Å²) in [6, 6.07) is 2.08. The van der Waals surface area contributed by atoms with Gasteiger partial charge in [0.15, 0.2) is 11.8 Å². The third kappa shape index (κ3) is 4.78. The smallest absolute Gasteiger partial charge is 0.328 e. The van der Waals surface area contributed by atoms with Crippen molar-refractivity contribution in [2.75, 3.05) is 5.32 Å². The van der Waals surface area contributed by atoms with Gasteiger partial charge in [-0.05, 0) is 26.0 Å².